The van der Waals surface area contributed by atoms with E-state index in [-0.39, 0.29) is 29.1 Å². The summed E-state index contributed by atoms with van der Waals surface area (Å²) in [7, 11) is 0. The predicted molar refractivity (Wildman–Crippen MR) is 87.7 cm³/mol. The van der Waals surface area contributed by atoms with Crippen LogP contribution >= 0.6 is 0 Å². The number of carbonyl (C=O) groups excluding carboxylic acids is 2. The number of aromatic nitrogens is 2. The maximum absolute atomic E-state index is 12.8. The highest BCUT2D eigenvalue weighted by atomic mass is 16.6. The highest BCUT2D eigenvalue weighted by Gasteiger charge is 2.22. The van der Waals surface area contributed by atoms with Crippen LogP contribution in [-0.2, 0) is 4.74 Å². The molecule has 2 heterocycles. The van der Waals surface area contributed by atoms with Crippen molar-refractivity contribution in [1.29, 1.82) is 0 Å². The first-order valence-corrected chi connectivity index (χ1v) is 7.46. The van der Waals surface area contributed by atoms with Crippen molar-refractivity contribution in [1.82, 2.24) is 9.61 Å². The van der Waals surface area contributed by atoms with Gasteiger partial charge in [0.05, 0.1) is 22.6 Å². The summed E-state index contributed by atoms with van der Waals surface area (Å²) < 4.78 is 6.37. The third-order valence-electron chi connectivity index (χ3n) is 3.60. The summed E-state index contributed by atoms with van der Waals surface area (Å²) in [4.78, 5) is 35.0. The van der Waals surface area contributed by atoms with Gasteiger partial charge in [0, 0.05) is 23.9 Å². The van der Waals surface area contributed by atoms with E-state index in [0.29, 0.717) is 5.52 Å². The lowest BCUT2D eigenvalue weighted by molar-refractivity contribution is -0.384. The topological polar surface area (TPSA) is 104 Å². The number of nitro groups is 1. The van der Waals surface area contributed by atoms with Gasteiger partial charge in [-0.25, -0.2) is 9.31 Å². The van der Waals surface area contributed by atoms with Crippen LogP contribution in [0.4, 0.5) is 5.69 Å². The van der Waals surface area contributed by atoms with Crippen LogP contribution in [0.3, 0.4) is 0 Å². The second-order valence-electron chi connectivity index (χ2n) is 5.12. The summed E-state index contributed by atoms with van der Waals surface area (Å²) in [5.41, 5.74) is 1.01. The molecule has 0 saturated heterocycles. The fourth-order valence-electron chi connectivity index (χ4n) is 2.46. The van der Waals surface area contributed by atoms with Crippen LogP contribution in [0.2, 0.25) is 0 Å². The number of hydrogen-bond donors (Lipinski definition) is 0. The SMILES string of the molecule is CCOC(=O)c1cc(C(=O)c2ccc([N+](=O)[O-])cc2)n2ncccc12. The van der Waals surface area contributed by atoms with Gasteiger partial charge in [0.25, 0.3) is 5.69 Å². The Bertz CT molecular complexity index is 976. The number of carbonyl (C=O) groups is 2. The van der Waals surface area contributed by atoms with Crippen LogP contribution in [0.15, 0.2) is 48.7 Å². The molecule has 2 aromatic heterocycles. The van der Waals surface area contributed by atoms with E-state index in [2.05, 4.69) is 5.10 Å². The molecule has 3 aromatic rings. The molecular formula is C17H13N3O5. The quantitative estimate of drug-likeness (QED) is 0.306. The Morgan fingerprint density at radius 2 is 1.96 bits per heavy atom. The fraction of sp³-hybridized carbons (Fsp3) is 0.118. The molecule has 0 aliphatic heterocycles. The van der Waals surface area contributed by atoms with E-state index in [0.717, 1.165) is 0 Å². The fourth-order valence-corrected chi connectivity index (χ4v) is 2.46. The van der Waals surface area contributed by atoms with Crippen LogP contribution in [-0.4, -0.2) is 32.9 Å². The molecule has 0 atom stereocenters. The Balaban J connectivity index is 2.07. The maximum atomic E-state index is 12.8. The highest BCUT2D eigenvalue weighted by Crippen LogP contribution is 2.21. The molecule has 0 bridgehead atoms. The number of nitrogens with zero attached hydrogens (tertiary/aromatic N) is 3. The minimum atomic E-state index is -0.546. The van der Waals surface area contributed by atoms with Gasteiger partial charge in [-0.2, -0.15) is 5.10 Å². The molecule has 0 radical (unpaired) electrons. The molecule has 0 spiro atoms. The number of hydrogen-bond acceptors (Lipinski definition) is 6. The number of esters is 1. The van der Waals surface area contributed by atoms with Crippen molar-refractivity contribution >= 4 is 23.0 Å². The van der Waals surface area contributed by atoms with Gasteiger partial charge in [0.1, 0.15) is 5.69 Å². The zero-order chi connectivity index (χ0) is 18.0. The summed E-state index contributed by atoms with van der Waals surface area (Å²) in [5, 5.41) is 14.8. The standard InChI is InChI=1S/C17H13N3O5/c1-2-25-17(22)13-10-15(19-14(13)4-3-9-18-19)16(21)11-5-7-12(8-6-11)20(23)24/h3-10H,2H2,1H3. The van der Waals surface area contributed by atoms with Gasteiger partial charge in [-0.15, -0.1) is 0 Å². The molecular weight excluding hydrogens is 326 g/mol. The summed E-state index contributed by atoms with van der Waals surface area (Å²) in [6.07, 6.45) is 1.49. The largest absolute Gasteiger partial charge is 0.462 e. The lowest BCUT2D eigenvalue weighted by Crippen LogP contribution is -2.06. The van der Waals surface area contributed by atoms with Gasteiger partial charge >= 0.3 is 5.97 Å². The first-order valence-electron chi connectivity index (χ1n) is 7.46. The van der Waals surface area contributed by atoms with Crippen LogP contribution in [0.1, 0.15) is 33.3 Å². The maximum Gasteiger partial charge on any atom is 0.340 e. The average molecular weight is 339 g/mol. The Morgan fingerprint density at radius 3 is 2.60 bits per heavy atom. The number of rotatable bonds is 5. The van der Waals surface area contributed by atoms with Crippen molar-refractivity contribution < 1.29 is 19.2 Å². The van der Waals surface area contributed by atoms with E-state index < -0.39 is 16.7 Å². The van der Waals surface area contributed by atoms with Gasteiger partial charge in [0.2, 0.25) is 5.78 Å². The zero-order valence-electron chi connectivity index (χ0n) is 13.2. The average Bonchev–Trinajstić information content (AvgIpc) is 3.01. The number of benzene rings is 1. The van der Waals surface area contributed by atoms with Crippen molar-refractivity contribution in [2.75, 3.05) is 6.61 Å². The van der Waals surface area contributed by atoms with E-state index in [1.807, 2.05) is 0 Å². The number of nitro benzene ring substituents is 1. The highest BCUT2D eigenvalue weighted by molar-refractivity contribution is 6.11. The molecule has 1 aromatic carbocycles. The van der Waals surface area contributed by atoms with Crippen molar-refractivity contribution in [3.63, 3.8) is 0 Å². The molecule has 8 nitrogen and oxygen atoms in total. The normalized spacial score (nSPS) is 10.6. The third-order valence-corrected chi connectivity index (χ3v) is 3.60. The van der Waals surface area contributed by atoms with Crippen molar-refractivity contribution in [2.24, 2.45) is 0 Å². The summed E-state index contributed by atoms with van der Waals surface area (Å²) >= 11 is 0. The molecule has 0 aliphatic carbocycles. The van der Waals surface area contributed by atoms with Crippen LogP contribution in [0.25, 0.3) is 5.52 Å². The summed E-state index contributed by atoms with van der Waals surface area (Å²) in [6, 6.07) is 9.97. The van der Waals surface area contributed by atoms with Crippen LogP contribution in [0, 0.1) is 10.1 Å². The third kappa shape index (κ3) is 2.97. The number of non-ortho nitro benzene ring substituents is 1. The minimum absolute atomic E-state index is 0.109. The first kappa shape index (κ1) is 16.3. The van der Waals surface area contributed by atoms with Crippen molar-refractivity contribution in [3.05, 3.63) is 75.6 Å². The molecule has 0 amide bonds. The molecule has 25 heavy (non-hydrogen) atoms. The van der Waals surface area contributed by atoms with Gasteiger partial charge in [-0.3, -0.25) is 14.9 Å². The van der Waals surface area contributed by atoms with Gasteiger partial charge in [0.15, 0.2) is 0 Å². The minimum Gasteiger partial charge on any atom is -0.462 e. The predicted octanol–water partition coefficient (Wildman–Crippen LogP) is 2.65. The lowest BCUT2D eigenvalue weighted by Gasteiger charge is -2.01. The van der Waals surface area contributed by atoms with E-state index in [9.17, 15) is 19.7 Å². The van der Waals surface area contributed by atoms with Crippen LogP contribution < -0.4 is 0 Å². The van der Waals surface area contributed by atoms with E-state index in [1.165, 1.54) is 41.0 Å². The summed E-state index contributed by atoms with van der Waals surface area (Å²) in [6.45, 7) is 1.90. The smallest absolute Gasteiger partial charge is 0.340 e. The number of ketones is 1. The van der Waals surface area contributed by atoms with E-state index >= 15 is 0 Å². The molecule has 0 N–H and O–H groups in total. The molecule has 0 aliphatic rings. The second-order valence-corrected chi connectivity index (χ2v) is 5.12. The van der Waals surface area contributed by atoms with Crippen LogP contribution in [0.5, 0.6) is 0 Å². The molecule has 3 rings (SSSR count). The Hall–Kier alpha value is -3.55. The first-order chi connectivity index (χ1) is 12.0. The van der Waals surface area contributed by atoms with E-state index in [4.69, 9.17) is 4.74 Å². The molecule has 0 saturated carbocycles. The molecule has 8 heteroatoms. The molecule has 0 fully saturated rings. The van der Waals surface area contributed by atoms with Gasteiger partial charge in [-0.1, -0.05) is 0 Å². The molecule has 126 valence electrons. The number of fused-ring (bicyclic) bond motifs is 1. The van der Waals surface area contributed by atoms with Crippen molar-refractivity contribution in [3.8, 4) is 0 Å². The van der Waals surface area contributed by atoms with Gasteiger partial charge in [-0.05, 0) is 37.3 Å². The van der Waals surface area contributed by atoms with Gasteiger partial charge < -0.3 is 4.74 Å². The summed E-state index contributed by atoms with van der Waals surface area (Å²) in [5.74, 6) is -0.949. The monoisotopic (exact) mass is 339 g/mol. The number of ether oxygens (including phenoxy) is 1. The Morgan fingerprint density at radius 1 is 1.24 bits per heavy atom. The van der Waals surface area contributed by atoms with Crippen molar-refractivity contribution in [2.45, 2.75) is 6.92 Å². The van der Waals surface area contributed by atoms with E-state index in [1.54, 1.807) is 19.1 Å². The Kier molecular flexibility index (Phi) is 4.25. The zero-order valence-corrected chi connectivity index (χ0v) is 13.2. The molecule has 0 unspecified atom stereocenters. The Labute approximate surface area is 141 Å². The lowest BCUT2D eigenvalue weighted by atomic mass is 10.1. The second kappa shape index (κ2) is 6.52.